The van der Waals surface area contributed by atoms with Crippen molar-refractivity contribution in [1.29, 1.82) is 0 Å². The van der Waals surface area contributed by atoms with Gasteiger partial charge in [-0.1, -0.05) is 20.8 Å². The van der Waals surface area contributed by atoms with Crippen molar-refractivity contribution in [3.8, 4) is 0 Å². The van der Waals surface area contributed by atoms with Crippen LogP contribution in [0.5, 0.6) is 0 Å². The van der Waals surface area contributed by atoms with Crippen LogP contribution < -0.4 is 0 Å². The Morgan fingerprint density at radius 2 is 2.05 bits per heavy atom. The minimum atomic E-state index is 0.469. The van der Waals surface area contributed by atoms with Crippen LogP contribution in [0.1, 0.15) is 57.6 Å². The highest BCUT2D eigenvalue weighted by molar-refractivity contribution is 6.16. The fraction of sp³-hybridized carbons (Fsp3) is 0.750. The number of aromatic nitrogens is 4. The molecule has 21 heavy (non-hydrogen) atoms. The molecule has 1 aliphatic carbocycles. The molecule has 3 atom stereocenters. The molecule has 1 fully saturated rings. The maximum absolute atomic E-state index is 6.19. The van der Waals surface area contributed by atoms with Gasteiger partial charge in [-0.15, -0.1) is 11.6 Å². The van der Waals surface area contributed by atoms with E-state index in [-0.39, 0.29) is 0 Å². The van der Waals surface area contributed by atoms with Crippen LogP contribution in [0.3, 0.4) is 0 Å². The first-order valence-electron chi connectivity index (χ1n) is 8.05. The van der Waals surface area contributed by atoms with E-state index in [0.29, 0.717) is 17.8 Å². The molecule has 0 aliphatic heterocycles. The molecule has 1 saturated carbocycles. The summed E-state index contributed by atoms with van der Waals surface area (Å²) in [6.45, 7) is 6.85. The lowest BCUT2D eigenvalue weighted by atomic mass is 9.79. The highest BCUT2D eigenvalue weighted by atomic mass is 35.5. The van der Waals surface area contributed by atoms with E-state index in [1.165, 1.54) is 19.3 Å². The van der Waals surface area contributed by atoms with E-state index in [2.05, 4.69) is 30.4 Å². The van der Waals surface area contributed by atoms with Gasteiger partial charge in [0.15, 0.2) is 5.65 Å². The maximum Gasteiger partial charge on any atom is 0.158 e. The smallest absolute Gasteiger partial charge is 0.158 e. The summed E-state index contributed by atoms with van der Waals surface area (Å²) in [5.41, 5.74) is 3.27. The van der Waals surface area contributed by atoms with Crippen molar-refractivity contribution >= 4 is 22.8 Å². The third-order valence-electron chi connectivity index (χ3n) is 4.98. The molecule has 2 heterocycles. The third-order valence-corrected chi connectivity index (χ3v) is 5.22. The Labute approximate surface area is 131 Å². The maximum atomic E-state index is 6.19. The Hall–Kier alpha value is -1.03. The van der Waals surface area contributed by atoms with Gasteiger partial charge < -0.3 is 4.57 Å². The lowest BCUT2D eigenvalue weighted by Crippen LogP contribution is -2.26. The second-order valence-corrected chi connectivity index (χ2v) is 6.86. The van der Waals surface area contributed by atoms with Crippen LogP contribution in [-0.4, -0.2) is 19.3 Å². The topological polar surface area (TPSA) is 35.6 Å². The number of fused-ring (bicyclic) bond motifs is 1. The number of alkyl halides is 1. The zero-order valence-electron chi connectivity index (χ0n) is 13.4. The third kappa shape index (κ3) is 2.37. The molecule has 116 valence electrons. The highest BCUT2D eigenvalue weighted by Gasteiger charge is 2.31. The van der Waals surface area contributed by atoms with Gasteiger partial charge in [0, 0.05) is 13.1 Å². The number of rotatable bonds is 3. The Balaban J connectivity index is 2.14. The van der Waals surface area contributed by atoms with E-state index < -0.39 is 0 Å². The van der Waals surface area contributed by atoms with E-state index in [1.807, 2.05) is 11.7 Å². The van der Waals surface area contributed by atoms with Crippen molar-refractivity contribution < 1.29 is 0 Å². The first kappa shape index (κ1) is 14.9. The Morgan fingerprint density at radius 1 is 1.29 bits per heavy atom. The quantitative estimate of drug-likeness (QED) is 0.801. The second kappa shape index (κ2) is 5.64. The van der Waals surface area contributed by atoms with Gasteiger partial charge in [-0.3, -0.25) is 4.68 Å². The van der Waals surface area contributed by atoms with E-state index in [1.54, 1.807) is 0 Å². The van der Waals surface area contributed by atoms with E-state index in [9.17, 15) is 0 Å². The molecule has 1 aliphatic rings. The summed E-state index contributed by atoms with van der Waals surface area (Å²) in [6, 6.07) is 0.500. The van der Waals surface area contributed by atoms with Crippen molar-refractivity contribution in [3.63, 3.8) is 0 Å². The van der Waals surface area contributed by atoms with E-state index in [4.69, 9.17) is 16.6 Å². The molecule has 0 radical (unpaired) electrons. The van der Waals surface area contributed by atoms with E-state index >= 15 is 0 Å². The summed E-state index contributed by atoms with van der Waals surface area (Å²) in [5, 5.41) is 4.63. The average Bonchev–Trinajstić information content (AvgIpc) is 2.97. The molecule has 0 N–H and O–H groups in total. The first-order valence-corrected chi connectivity index (χ1v) is 8.58. The predicted octanol–water partition coefficient (Wildman–Crippen LogP) is 4.07. The molecule has 2 aromatic heterocycles. The summed E-state index contributed by atoms with van der Waals surface area (Å²) in [6.07, 6.45) is 4.69. The largest absolute Gasteiger partial charge is 0.309 e. The SMILES string of the molecule is CCc1nn(C)c2c1nc(CCl)n2C1CCC(C)CC1C. The molecule has 5 heteroatoms. The number of nitrogens with zero attached hydrogens (tertiary/aromatic N) is 4. The first-order chi connectivity index (χ1) is 10.1. The number of hydrogen-bond acceptors (Lipinski definition) is 2. The van der Waals surface area contributed by atoms with Gasteiger partial charge in [0.2, 0.25) is 0 Å². The van der Waals surface area contributed by atoms with Gasteiger partial charge >= 0.3 is 0 Å². The summed E-state index contributed by atoms with van der Waals surface area (Å²) in [4.78, 5) is 4.80. The molecule has 4 nitrogen and oxygen atoms in total. The van der Waals surface area contributed by atoms with Crippen molar-refractivity contribution in [2.45, 2.75) is 58.4 Å². The Bertz CT molecular complexity index is 642. The Kier molecular flexibility index (Phi) is 4.00. The van der Waals surface area contributed by atoms with Gasteiger partial charge in [-0.25, -0.2) is 4.98 Å². The van der Waals surface area contributed by atoms with Gasteiger partial charge in [-0.05, 0) is 37.5 Å². The van der Waals surface area contributed by atoms with Crippen LogP contribution in [0, 0.1) is 11.8 Å². The summed E-state index contributed by atoms with van der Waals surface area (Å²) >= 11 is 6.19. The standard InChI is InChI=1S/C16H25ClN4/c1-5-12-15-16(20(4)19-12)21(14(9-17)18-15)13-7-6-10(2)8-11(13)3/h10-11,13H,5-9H2,1-4H3. The summed E-state index contributed by atoms with van der Waals surface area (Å²) in [5.74, 6) is 2.96. The summed E-state index contributed by atoms with van der Waals surface area (Å²) in [7, 11) is 2.02. The molecule has 0 bridgehead atoms. The zero-order valence-corrected chi connectivity index (χ0v) is 14.2. The van der Waals surface area contributed by atoms with E-state index in [0.717, 1.165) is 35.0 Å². The molecule has 0 saturated heterocycles. The highest BCUT2D eigenvalue weighted by Crippen LogP contribution is 2.39. The van der Waals surface area contributed by atoms with Gasteiger partial charge in [0.25, 0.3) is 0 Å². The molecular formula is C16H25ClN4. The van der Waals surface area contributed by atoms with Crippen molar-refractivity contribution in [3.05, 3.63) is 11.5 Å². The van der Waals surface area contributed by atoms with Crippen LogP contribution >= 0.6 is 11.6 Å². The van der Waals surface area contributed by atoms with Gasteiger partial charge in [0.05, 0.1) is 11.6 Å². The lowest BCUT2D eigenvalue weighted by Gasteiger charge is -2.34. The predicted molar refractivity (Wildman–Crippen MR) is 86.7 cm³/mol. The monoisotopic (exact) mass is 308 g/mol. The zero-order chi connectivity index (χ0) is 15.1. The van der Waals surface area contributed by atoms with Crippen molar-refractivity contribution in [1.82, 2.24) is 19.3 Å². The Morgan fingerprint density at radius 3 is 2.67 bits per heavy atom. The minimum Gasteiger partial charge on any atom is -0.309 e. The molecule has 3 unspecified atom stereocenters. The van der Waals surface area contributed by atoms with Crippen LogP contribution in [0.4, 0.5) is 0 Å². The van der Waals surface area contributed by atoms with Crippen LogP contribution in [0.15, 0.2) is 0 Å². The molecule has 3 rings (SSSR count). The number of halogens is 1. The van der Waals surface area contributed by atoms with Crippen molar-refractivity contribution in [2.75, 3.05) is 0 Å². The lowest BCUT2D eigenvalue weighted by molar-refractivity contribution is 0.207. The minimum absolute atomic E-state index is 0.469. The summed E-state index contributed by atoms with van der Waals surface area (Å²) < 4.78 is 4.37. The molecule has 0 aromatic carbocycles. The normalized spacial score (nSPS) is 26.6. The van der Waals surface area contributed by atoms with Gasteiger partial charge in [0.1, 0.15) is 11.3 Å². The van der Waals surface area contributed by atoms with Crippen molar-refractivity contribution in [2.24, 2.45) is 18.9 Å². The van der Waals surface area contributed by atoms with Crippen LogP contribution in [-0.2, 0) is 19.3 Å². The fourth-order valence-corrected chi connectivity index (χ4v) is 4.15. The van der Waals surface area contributed by atoms with Crippen LogP contribution in [0.25, 0.3) is 11.2 Å². The molecule has 0 spiro atoms. The number of hydrogen-bond donors (Lipinski definition) is 0. The number of imidazole rings is 1. The number of aryl methyl sites for hydroxylation is 2. The molecule has 0 amide bonds. The second-order valence-electron chi connectivity index (χ2n) is 6.59. The van der Waals surface area contributed by atoms with Crippen LogP contribution in [0.2, 0.25) is 0 Å². The molecular weight excluding hydrogens is 284 g/mol. The average molecular weight is 309 g/mol. The fourth-order valence-electron chi connectivity index (χ4n) is 3.96. The van der Waals surface area contributed by atoms with Gasteiger partial charge in [-0.2, -0.15) is 5.10 Å². The molecule has 2 aromatic rings.